The molecule has 0 unspecified atom stereocenters. The second-order valence-corrected chi connectivity index (χ2v) is 3.21. The topological polar surface area (TPSA) is 76.8 Å². The molecule has 74 valence electrons. The number of guanidine groups is 1. The molecule has 0 aromatic heterocycles. The van der Waals surface area contributed by atoms with E-state index in [0.717, 1.165) is 11.1 Å². The highest BCUT2D eigenvalue weighted by Crippen LogP contribution is 2.13. The predicted molar refractivity (Wildman–Crippen MR) is 59.6 cm³/mol. The minimum absolute atomic E-state index is 0.0622. The van der Waals surface area contributed by atoms with Crippen molar-refractivity contribution >= 4 is 23.8 Å². The van der Waals surface area contributed by atoms with Gasteiger partial charge >= 0.3 is 0 Å². The largest absolute Gasteiger partial charge is 0.369 e. The lowest BCUT2D eigenvalue weighted by molar-refractivity contribution is 1.21. The van der Waals surface area contributed by atoms with Gasteiger partial charge in [-0.25, -0.2) is 0 Å². The Kier molecular flexibility index (Phi) is 3.48. The van der Waals surface area contributed by atoms with Crippen LogP contribution in [0.5, 0.6) is 0 Å². The molecule has 4 nitrogen and oxygen atoms in total. The minimum atomic E-state index is -0.0622. The van der Waals surface area contributed by atoms with Gasteiger partial charge in [-0.3, -0.25) is 0 Å². The van der Waals surface area contributed by atoms with E-state index in [9.17, 15) is 0 Å². The lowest BCUT2D eigenvalue weighted by atomic mass is 10.1. The molecule has 0 fully saturated rings. The van der Waals surface area contributed by atoms with Crippen LogP contribution in [-0.2, 0) is 0 Å². The second-order valence-electron chi connectivity index (χ2n) is 2.77. The molecule has 1 rings (SSSR count). The Labute approximate surface area is 87.3 Å². The Morgan fingerprint density at radius 1 is 1.43 bits per heavy atom. The normalized spacial score (nSPS) is 10.4. The van der Waals surface area contributed by atoms with Gasteiger partial charge in [0.1, 0.15) is 0 Å². The molecule has 14 heavy (non-hydrogen) atoms. The van der Waals surface area contributed by atoms with E-state index in [4.69, 9.17) is 23.1 Å². The van der Waals surface area contributed by atoms with Crippen LogP contribution in [0.3, 0.4) is 0 Å². The smallest absolute Gasteiger partial charge is 0.211 e. The van der Waals surface area contributed by atoms with Crippen LogP contribution >= 0.6 is 11.6 Å². The molecule has 5 heteroatoms. The molecule has 0 heterocycles. The van der Waals surface area contributed by atoms with E-state index in [-0.39, 0.29) is 5.96 Å². The summed E-state index contributed by atoms with van der Waals surface area (Å²) in [5, 5.41) is 7.89. The summed E-state index contributed by atoms with van der Waals surface area (Å²) in [7, 11) is 0. The summed E-state index contributed by atoms with van der Waals surface area (Å²) in [6.07, 6.45) is 1.57. The van der Waals surface area contributed by atoms with Gasteiger partial charge in [-0.1, -0.05) is 17.7 Å². The van der Waals surface area contributed by atoms with Crippen LogP contribution in [0, 0.1) is 6.92 Å². The van der Waals surface area contributed by atoms with Crippen molar-refractivity contribution in [1.29, 1.82) is 0 Å². The average molecular weight is 211 g/mol. The van der Waals surface area contributed by atoms with Crippen LogP contribution in [0.15, 0.2) is 28.4 Å². The third-order valence-electron chi connectivity index (χ3n) is 1.60. The van der Waals surface area contributed by atoms with Crippen molar-refractivity contribution in [1.82, 2.24) is 0 Å². The van der Waals surface area contributed by atoms with Crippen molar-refractivity contribution in [3.05, 3.63) is 34.3 Å². The summed E-state index contributed by atoms with van der Waals surface area (Å²) in [5.41, 5.74) is 12.2. The average Bonchev–Trinajstić information content (AvgIpc) is 2.08. The van der Waals surface area contributed by atoms with Crippen molar-refractivity contribution in [3.63, 3.8) is 0 Å². The Hall–Kier alpha value is -1.55. The lowest BCUT2D eigenvalue weighted by Gasteiger charge is -1.98. The molecule has 0 aliphatic carbocycles. The monoisotopic (exact) mass is 210 g/mol. The summed E-state index contributed by atoms with van der Waals surface area (Å²) >= 11 is 5.79. The Balaban J connectivity index is 2.87. The summed E-state index contributed by atoms with van der Waals surface area (Å²) in [6, 6.07) is 5.48. The van der Waals surface area contributed by atoms with E-state index in [1.54, 1.807) is 12.3 Å². The SMILES string of the molecule is Cc1cc(Cl)ccc1/C=N/N=C(N)N. The van der Waals surface area contributed by atoms with Crippen LogP contribution in [-0.4, -0.2) is 12.2 Å². The number of nitrogens with two attached hydrogens (primary N) is 2. The highest BCUT2D eigenvalue weighted by atomic mass is 35.5. The first-order chi connectivity index (χ1) is 6.59. The fourth-order valence-electron chi connectivity index (χ4n) is 0.942. The molecule has 0 bridgehead atoms. The van der Waals surface area contributed by atoms with E-state index in [0.29, 0.717) is 5.02 Å². The Morgan fingerprint density at radius 3 is 2.71 bits per heavy atom. The predicted octanol–water partition coefficient (Wildman–Crippen LogP) is 1.26. The van der Waals surface area contributed by atoms with Gasteiger partial charge < -0.3 is 11.5 Å². The maximum atomic E-state index is 5.79. The number of benzene rings is 1. The number of halogens is 1. The first-order valence-electron chi connectivity index (χ1n) is 3.97. The van der Waals surface area contributed by atoms with Crippen molar-refractivity contribution in [3.8, 4) is 0 Å². The van der Waals surface area contributed by atoms with Crippen LogP contribution in [0.1, 0.15) is 11.1 Å². The van der Waals surface area contributed by atoms with E-state index < -0.39 is 0 Å². The number of rotatable bonds is 2. The molecular formula is C9H11ClN4. The molecule has 0 radical (unpaired) electrons. The maximum absolute atomic E-state index is 5.79. The first-order valence-corrected chi connectivity index (χ1v) is 4.35. The van der Waals surface area contributed by atoms with Crippen LogP contribution < -0.4 is 11.5 Å². The molecule has 4 N–H and O–H groups in total. The highest BCUT2D eigenvalue weighted by Gasteiger charge is 1.95. The molecular weight excluding hydrogens is 200 g/mol. The fraction of sp³-hybridized carbons (Fsp3) is 0.111. The molecule has 1 aromatic carbocycles. The van der Waals surface area contributed by atoms with Gasteiger partial charge in [0.2, 0.25) is 5.96 Å². The molecule has 0 atom stereocenters. The number of hydrogen-bond acceptors (Lipinski definition) is 2. The van der Waals surface area contributed by atoms with Gasteiger partial charge in [0, 0.05) is 5.02 Å². The van der Waals surface area contributed by atoms with Gasteiger partial charge in [-0.2, -0.15) is 5.10 Å². The molecule has 0 saturated carbocycles. The standard InChI is InChI=1S/C9H11ClN4/c1-6-4-8(10)3-2-7(6)5-13-14-9(11)12/h2-5H,1H3,(H4,11,12,14)/b13-5+. The van der Waals surface area contributed by atoms with Crippen molar-refractivity contribution < 1.29 is 0 Å². The number of nitrogens with zero attached hydrogens (tertiary/aromatic N) is 2. The van der Waals surface area contributed by atoms with Gasteiger partial charge in [0.05, 0.1) is 6.21 Å². The molecule has 0 amide bonds. The van der Waals surface area contributed by atoms with Crippen LogP contribution in [0.2, 0.25) is 5.02 Å². The summed E-state index contributed by atoms with van der Waals surface area (Å²) in [5.74, 6) is -0.0622. The number of aryl methyl sites for hydroxylation is 1. The summed E-state index contributed by atoms with van der Waals surface area (Å²) in [6.45, 7) is 1.93. The van der Waals surface area contributed by atoms with Crippen molar-refractivity contribution in [2.24, 2.45) is 21.7 Å². The molecule has 0 saturated heterocycles. The van der Waals surface area contributed by atoms with Crippen molar-refractivity contribution in [2.75, 3.05) is 0 Å². The van der Waals surface area contributed by atoms with Gasteiger partial charge in [0.15, 0.2) is 0 Å². The van der Waals surface area contributed by atoms with Gasteiger partial charge in [-0.05, 0) is 30.2 Å². The van der Waals surface area contributed by atoms with E-state index in [1.807, 2.05) is 19.1 Å². The molecule has 0 spiro atoms. The lowest BCUT2D eigenvalue weighted by Crippen LogP contribution is -2.21. The van der Waals surface area contributed by atoms with Gasteiger partial charge in [0.25, 0.3) is 0 Å². The first kappa shape index (κ1) is 10.5. The highest BCUT2D eigenvalue weighted by molar-refractivity contribution is 6.30. The van der Waals surface area contributed by atoms with E-state index >= 15 is 0 Å². The molecule has 0 aliphatic rings. The fourth-order valence-corrected chi connectivity index (χ4v) is 1.17. The second kappa shape index (κ2) is 4.62. The van der Waals surface area contributed by atoms with E-state index in [1.165, 1.54) is 0 Å². The summed E-state index contributed by atoms with van der Waals surface area (Å²) < 4.78 is 0. The van der Waals surface area contributed by atoms with Gasteiger partial charge in [-0.15, -0.1) is 5.10 Å². The molecule has 0 aliphatic heterocycles. The summed E-state index contributed by atoms with van der Waals surface area (Å²) in [4.78, 5) is 0. The van der Waals surface area contributed by atoms with Crippen LogP contribution in [0.4, 0.5) is 0 Å². The van der Waals surface area contributed by atoms with Crippen LogP contribution in [0.25, 0.3) is 0 Å². The minimum Gasteiger partial charge on any atom is -0.369 e. The zero-order chi connectivity index (χ0) is 10.6. The maximum Gasteiger partial charge on any atom is 0.211 e. The quantitative estimate of drug-likeness (QED) is 0.438. The third kappa shape index (κ3) is 3.06. The zero-order valence-electron chi connectivity index (χ0n) is 7.74. The Bertz CT molecular complexity index is 380. The number of hydrogen-bond donors (Lipinski definition) is 2. The van der Waals surface area contributed by atoms with Crippen molar-refractivity contribution in [2.45, 2.75) is 6.92 Å². The van der Waals surface area contributed by atoms with E-state index in [2.05, 4.69) is 10.2 Å². The Morgan fingerprint density at radius 2 is 2.14 bits per heavy atom. The molecule has 1 aromatic rings. The zero-order valence-corrected chi connectivity index (χ0v) is 8.49. The third-order valence-corrected chi connectivity index (χ3v) is 1.84.